The van der Waals surface area contributed by atoms with Crippen molar-refractivity contribution < 1.29 is 9.47 Å². The molecule has 96 valence electrons. The molecule has 1 aromatic carbocycles. The van der Waals surface area contributed by atoms with Crippen LogP contribution in [0.2, 0.25) is 0 Å². The first-order chi connectivity index (χ1) is 7.99. The minimum Gasteiger partial charge on any atom is -0.467 e. The Kier molecular flexibility index (Phi) is 4.97. The minimum absolute atomic E-state index is 0.0493. The van der Waals surface area contributed by atoms with E-state index in [1.165, 1.54) is 11.1 Å². The van der Waals surface area contributed by atoms with Crippen LogP contribution < -0.4 is 10.5 Å². The van der Waals surface area contributed by atoms with Gasteiger partial charge in [-0.05, 0) is 35.6 Å². The van der Waals surface area contributed by atoms with Gasteiger partial charge in [-0.25, -0.2) is 0 Å². The number of hydrogen-bond acceptors (Lipinski definition) is 3. The van der Waals surface area contributed by atoms with Crippen LogP contribution in [0.3, 0.4) is 0 Å². The smallest absolute Gasteiger partial charge is 0.188 e. The first kappa shape index (κ1) is 14.0. The minimum atomic E-state index is 0.0493. The molecule has 0 aliphatic carbocycles. The molecule has 0 amide bonds. The summed E-state index contributed by atoms with van der Waals surface area (Å²) < 4.78 is 10.5. The van der Waals surface area contributed by atoms with Crippen LogP contribution in [0.4, 0.5) is 0 Å². The predicted molar refractivity (Wildman–Crippen MR) is 70.4 cm³/mol. The monoisotopic (exact) mass is 237 g/mol. The quantitative estimate of drug-likeness (QED) is 0.800. The molecule has 0 aliphatic rings. The van der Waals surface area contributed by atoms with Gasteiger partial charge in [-0.2, -0.15) is 0 Å². The molecule has 0 aliphatic heterocycles. The zero-order valence-corrected chi connectivity index (χ0v) is 11.2. The number of rotatable bonds is 5. The SMILES string of the molecule is COCOc1ccc(CCN)cc1C(C)(C)C. The number of benzene rings is 1. The molecule has 0 aromatic heterocycles. The van der Waals surface area contributed by atoms with Crippen LogP contribution in [-0.4, -0.2) is 20.4 Å². The van der Waals surface area contributed by atoms with Crippen molar-refractivity contribution in [1.82, 2.24) is 0 Å². The van der Waals surface area contributed by atoms with Gasteiger partial charge in [0.2, 0.25) is 0 Å². The summed E-state index contributed by atoms with van der Waals surface area (Å²) in [6, 6.07) is 6.25. The summed E-state index contributed by atoms with van der Waals surface area (Å²) in [6.45, 7) is 7.47. The maximum absolute atomic E-state index is 5.59. The first-order valence-corrected chi connectivity index (χ1v) is 5.94. The van der Waals surface area contributed by atoms with Crippen molar-refractivity contribution in [1.29, 1.82) is 0 Å². The van der Waals surface area contributed by atoms with Crippen LogP contribution in [0.1, 0.15) is 31.9 Å². The van der Waals surface area contributed by atoms with Gasteiger partial charge in [0.25, 0.3) is 0 Å². The van der Waals surface area contributed by atoms with Crippen molar-refractivity contribution in [3.05, 3.63) is 29.3 Å². The van der Waals surface area contributed by atoms with Crippen molar-refractivity contribution in [2.75, 3.05) is 20.4 Å². The van der Waals surface area contributed by atoms with Gasteiger partial charge >= 0.3 is 0 Å². The van der Waals surface area contributed by atoms with Gasteiger partial charge in [-0.15, -0.1) is 0 Å². The third-order valence-electron chi connectivity index (χ3n) is 2.62. The fourth-order valence-corrected chi connectivity index (χ4v) is 1.73. The van der Waals surface area contributed by atoms with Gasteiger partial charge in [-0.3, -0.25) is 0 Å². The van der Waals surface area contributed by atoms with Gasteiger partial charge in [0.1, 0.15) is 5.75 Å². The second-order valence-corrected chi connectivity index (χ2v) is 5.17. The summed E-state index contributed by atoms with van der Waals surface area (Å²) in [7, 11) is 1.62. The Hall–Kier alpha value is -1.06. The Bertz CT molecular complexity index is 356. The summed E-state index contributed by atoms with van der Waals surface area (Å²) in [5, 5.41) is 0. The lowest BCUT2D eigenvalue weighted by atomic mass is 9.85. The normalized spacial score (nSPS) is 11.6. The van der Waals surface area contributed by atoms with Gasteiger partial charge < -0.3 is 15.2 Å². The van der Waals surface area contributed by atoms with E-state index in [2.05, 4.69) is 32.9 Å². The van der Waals surface area contributed by atoms with E-state index in [-0.39, 0.29) is 12.2 Å². The summed E-state index contributed by atoms with van der Waals surface area (Å²) in [4.78, 5) is 0. The number of hydrogen-bond donors (Lipinski definition) is 1. The maximum Gasteiger partial charge on any atom is 0.188 e. The van der Waals surface area contributed by atoms with E-state index >= 15 is 0 Å². The molecule has 3 nitrogen and oxygen atoms in total. The molecule has 0 fully saturated rings. The van der Waals surface area contributed by atoms with Gasteiger partial charge in [-0.1, -0.05) is 32.9 Å². The average molecular weight is 237 g/mol. The second-order valence-electron chi connectivity index (χ2n) is 5.17. The Morgan fingerprint density at radius 3 is 2.47 bits per heavy atom. The van der Waals surface area contributed by atoms with E-state index in [9.17, 15) is 0 Å². The molecule has 0 spiro atoms. The highest BCUT2D eigenvalue weighted by Gasteiger charge is 2.19. The van der Waals surface area contributed by atoms with Crippen LogP contribution in [-0.2, 0) is 16.6 Å². The van der Waals surface area contributed by atoms with Crippen LogP contribution >= 0.6 is 0 Å². The molecule has 3 heteroatoms. The third-order valence-corrected chi connectivity index (χ3v) is 2.62. The Labute approximate surface area is 104 Å². The van der Waals surface area contributed by atoms with Crippen LogP contribution in [0.5, 0.6) is 5.75 Å². The summed E-state index contributed by atoms with van der Waals surface area (Å²) in [5.74, 6) is 0.889. The van der Waals surface area contributed by atoms with Crippen LogP contribution in [0.25, 0.3) is 0 Å². The standard InChI is InChI=1S/C14H23NO2/c1-14(2,3)12-9-11(7-8-15)5-6-13(12)17-10-16-4/h5-6,9H,7-8,10,15H2,1-4H3. The topological polar surface area (TPSA) is 44.5 Å². The number of methoxy groups -OCH3 is 1. The van der Waals surface area contributed by atoms with Crippen molar-refractivity contribution in [3.8, 4) is 5.75 Å². The molecule has 0 unspecified atom stereocenters. The lowest BCUT2D eigenvalue weighted by molar-refractivity contribution is 0.0498. The molecule has 1 aromatic rings. The molecule has 0 heterocycles. The zero-order valence-electron chi connectivity index (χ0n) is 11.2. The molecule has 0 radical (unpaired) electrons. The molecule has 17 heavy (non-hydrogen) atoms. The van der Waals surface area contributed by atoms with Crippen molar-refractivity contribution in [2.24, 2.45) is 5.73 Å². The largest absolute Gasteiger partial charge is 0.467 e. The fraction of sp³-hybridized carbons (Fsp3) is 0.571. The Morgan fingerprint density at radius 1 is 1.24 bits per heavy atom. The molecular weight excluding hydrogens is 214 g/mol. The van der Waals surface area contributed by atoms with E-state index in [4.69, 9.17) is 15.2 Å². The lowest BCUT2D eigenvalue weighted by Crippen LogP contribution is -2.15. The van der Waals surface area contributed by atoms with E-state index in [0.29, 0.717) is 6.54 Å². The van der Waals surface area contributed by atoms with Gasteiger partial charge in [0, 0.05) is 7.11 Å². The Balaban J connectivity index is 3.03. The van der Waals surface area contributed by atoms with Crippen LogP contribution in [0.15, 0.2) is 18.2 Å². The summed E-state index contributed by atoms with van der Waals surface area (Å²) >= 11 is 0. The highest BCUT2D eigenvalue weighted by Crippen LogP contribution is 2.32. The van der Waals surface area contributed by atoms with E-state index in [1.807, 2.05) is 6.07 Å². The maximum atomic E-state index is 5.59. The molecule has 0 saturated heterocycles. The van der Waals surface area contributed by atoms with Crippen LogP contribution in [0, 0.1) is 0 Å². The third kappa shape index (κ3) is 4.02. The lowest BCUT2D eigenvalue weighted by Gasteiger charge is -2.23. The van der Waals surface area contributed by atoms with Crippen molar-refractivity contribution in [3.63, 3.8) is 0 Å². The zero-order chi connectivity index (χ0) is 12.9. The second kappa shape index (κ2) is 6.03. The van der Waals surface area contributed by atoms with Crippen molar-refractivity contribution >= 4 is 0 Å². The highest BCUT2D eigenvalue weighted by molar-refractivity contribution is 5.41. The van der Waals surface area contributed by atoms with E-state index < -0.39 is 0 Å². The van der Waals surface area contributed by atoms with E-state index in [0.717, 1.165) is 12.2 Å². The van der Waals surface area contributed by atoms with E-state index in [1.54, 1.807) is 7.11 Å². The Morgan fingerprint density at radius 2 is 1.94 bits per heavy atom. The number of nitrogens with two attached hydrogens (primary N) is 1. The highest BCUT2D eigenvalue weighted by atomic mass is 16.7. The predicted octanol–water partition coefficient (Wildman–Crippen LogP) is 2.47. The fourth-order valence-electron chi connectivity index (χ4n) is 1.73. The molecule has 1 rings (SSSR count). The molecule has 0 bridgehead atoms. The summed E-state index contributed by atoms with van der Waals surface area (Å²) in [5.41, 5.74) is 8.08. The molecule has 0 saturated carbocycles. The molecular formula is C14H23NO2. The average Bonchev–Trinajstić information content (AvgIpc) is 2.26. The molecule has 2 N–H and O–H groups in total. The van der Waals surface area contributed by atoms with Gasteiger partial charge in [0.05, 0.1) is 0 Å². The van der Waals surface area contributed by atoms with Gasteiger partial charge in [0.15, 0.2) is 6.79 Å². The first-order valence-electron chi connectivity index (χ1n) is 5.94. The molecule has 0 atom stereocenters. The number of ether oxygens (including phenoxy) is 2. The van der Waals surface area contributed by atoms with Crippen molar-refractivity contribution in [2.45, 2.75) is 32.6 Å². The summed E-state index contributed by atoms with van der Waals surface area (Å²) in [6.07, 6.45) is 0.896.